The Morgan fingerprint density at radius 3 is 3.00 bits per heavy atom. The van der Waals surface area contributed by atoms with Crippen LogP contribution < -0.4 is 5.73 Å². The zero-order valence-electron chi connectivity index (χ0n) is 11.9. The van der Waals surface area contributed by atoms with Crippen LogP contribution in [0.25, 0.3) is 0 Å². The Bertz CT molecular complexity index is 565. The van der Waals surface area contributed by atoms with Crippen LogP contribution in [-0.4, -0.2) is 5.75 Å². The Labute approximate surface area is 129 Å². The van der Waals surface area contributed by atoms with Gasteiger partial charge >= 0.3 is 0 Å². The fraction of sp³-hybridized carbons (Fsp3) is 0.412. The molecule has 2 heterocycles. The van der Waals surface area contributed by atoms with Gasteiger partial charge in [-0.25, -0.2) is 0 Å². The Balaban J connectivity index is 1.86. The maximum atomic E-state index is 6.50. The average molecular weight is 303 g/mol. The number of rotatable bonds is 4. The van der Waals surface area contributed by atoms with E-state index in [2.05, 4.69) is 37.3 Å². The van der Waals surface area contributed by atoms with Gasteiger partial charge in [-0.2, -0.15) is 11.8 Å². The van der Waals surface area contributed by atoms with E-state index < -0.39 is 0 Å². The topological polar surface area (TPSA) is 26.0 Å². The average Bonchev–Trinajstić information content (AvgIpc) is 2.91. The minimum absolute atomic E-state index is 0.0346. The second kappa shape index (κ2) is 6.33. The summed E-state index contributed by atoms with van der Waals surface area (Å²) in [6.07, 6.45) is 3.54. The Morgan fingerprint density at radius 2 is 2.20 bits per heavy atom. The summed E-state index contributed by atoms with van der Waals surface area (Å²) in [5.74, 6) is 2.42. The second-order valence-electron chi connectivity index (χ2n) is 5.37. The molecule has 2 N–H and O–H groups in total. The number of thioether (sulfide) groups is 1. The number of hydrogen-bond acceptors (Lipinski definition) is 3. The van der Waals surface area contributed by atoms with Crippen molar-refractivity contribution < 1.29 is 0 Å². The lowest BCUT2D eigenvalue weighted by Gasteiger charge is -2.11. The first-order chi connectivity index (χ1) is 9.78. The van der Waals surface area contributed by atoms with Crippen molar-refractivity contribution in [1.82, 2.24) is 0 Å². The number of benzene rings is 1. The van der Waals surface area contributed by atoms with E-state index in [9.17, 15) is 0 Å². The predicted octanol–water partition coefficient (Wildman–Crippen LogP) is 4.54. The quantitative estimate of drug-likeness (QED) is 0.897. The van der Waals surface area contributed by atoms with Crippen LogP contribution in [0, 0.1) is 0 Å². The summed E-state index contributed by atoms with van der Waals surface area (Å²) in [5.41, 5.74) is 10.7. The molecule has 0 fully saturated rings. The van der Waals surface area contributed by atoms with Gasteiger partial charge in [0.25, 0.3) is 0 Å². The van der Waals surface area contributed by atoms with E-state index in [0.29, 0.717) is 0 Å². The van der Waals surface area contributed by atoms with Crippen molar-refractivity contribution >= 4 is 23.1 Å². The summed E-state index contributed by atoms with van der Waals surface area (Å²) in [7, 11) is 0. The molecule has 0 radical (unpaired) electrons. The maximum Gasteiger partial charge on any atom is 0.0646 e. The lowest BCUT2D eigenvalue weighted by atomic mass is 10.0. The Kier molecular flexibility index (Phi) is 4.49. The van der Waals surface area contributed by atoms with Gasteiger partial charge in [0, 0.05) is 15.5 Å². The molecule has 3 heteroatoms. The lowest BCUT2D eigenvalue weighted by molar-refractivity contribution is 0.874. The van der Waals surface area contributed by atoms with Crippen molar-refractivity contribution in [2.24, 2.45) is 5.73 Å². The standard InChI is InChI=1S/C17H21NS2/c1-2-4-12-5-3-6-13(9-12)17(18)16-10-14-11-19-8-7-15(14)20-16/h3,5-6,9-10,17H,2,4,7-8,11,18H2,1H3. The monoisotopic (exact) mass is 303 g/mol. The molecular weight excluding hydrogens is 282 g/mol. The maximum absolute atomic E-state index is 6.50. The van der Waals surface area contributed by atoms with Gasteiger partial charge in [0.15, 0.2) is 0 Å². The van der Waals surface area contributed by atoms with Crippen LogP contribution >= 0.6 is 23.1 Å². The molecule has 1 aliphatic heterocycles. The van der Waals surface area contributed by atoms with Crippen LogP contribution in [-0.2, 0) is 18.6 Å². The molecule has 0 aliphatic carbocycles. The molecule has 1 unspecified atom stereocenters. The third-order valence-electron chi connectivity index (χ3n) is 3.80. The van der Waals surface area contributed by atoms with Gasteiger partial charge in [-0.05, 0) is 41.4 Å². The summed E-state index contributed by atoms with van der Waals surface area (Å²) in [5, 5.41) is 0. The highest BCUT2D eigenvalue weighted by Gasteiger charge is 2.18. The van der Waals surface area contributed by atoms with Gasteiger partial charge in [-0.1, -0.05) is 37.6 Å². The van der Waals surface area contributed by atoms with Crippen molar-refractivity contribution in [3.63, 3.8) is 0 Å². The molecule has 106 valence electrons. The summed E-state index contributed by atoms with van der Waals surface area (Å²) in [6.45, 7) is 2.22. The Hall–Kier alpha value is -0.770. The molecule has 3 rings (SSSR count). The first-order valence-electron chi connectivity index (χ1n) is 7.31. The van der Waals surface area contributed by atoms with Crippen molar-refractivity contribution in [1.29, 1.82) is 0 Å². The third-order valence-corrected chi connectivity index (χ3v) is 6.13. The van der Waals surface area contributed by atoms with Crippen LogP contribution in [0.15, 0.2) is 30.3 Å². The van der Waals surface area contributed by atoms with Gasteiger partial charge in [-0.15, -0.1) is 11.3 Å². The first-order valence-corrected chi connectivity index (χ1v) is 9.28. The van der Waals surface area contributed by atoms with E-state index in [1.54, 1.807) is 4.88 Å². The van der Waals surface area contributed by atoms with Gasteiger partial charge < -0.3 is 5.73 Å². The minimum atomic E-state index is 0.0346. The third kappa shape index (κ3) is 2.95. The van der Waals surface area contributed by atoms with E-state index in [-0.39, 0.29) is 6.04 Å². The van der Waals surface area contributed by atoms with E-state index in [1.165, 1.54) is 40.2 Å². The van der Waals surface area contributed by atoms with Crippen molar-refractivity contribution in [2.75, 3.05) is 5.75 Å². The predicted molar refractivity (Wildman–Crippen MR) is 90.7 cm³/mol. The summed E-state index contributed by atoms with van der Waals surface area (Å²) < 4.78 is 0. The number of hydrogen-bond donors (Lipinski definition) is 1. The molecule has 20 heavy (non-hydrogen) atoms. The molecule has 0 bridgehead atoms. The van der Waals surface area contributed by atoms with E-state index in [0.717, 1.165) is 12.2 Å². The van der Waals surface area contributed by atoms with Crippen LogP contribution in [0.3, 0.4) is 0 Å². The van der Waals surface area contributed by atoms with Crippen LogP contribution in [0.5, 0.6) is 0 Å². The van der Waals surface area contributed by atoms with Crippen LogP contribution in [0.4, 0.5) is 0 Å². The van der Waals surface area contributed by atoms with Crippen LogP contribution in [0.1, 0.15) is 45.8 Å². The van der Waals surface area contributed by atoms with Gasteiger partial charge in [0.05, 0.1) is 6.04 Å². The molecule has 1 aromatic heterocycles. The molecule has 0 amide bonds. The highest BCUT2D eigenvalue weighted by Crippen LogP contribution is 2.35. The largest absolute Gasteiger partial charge is 0.320 e. The smallest absolute Gasteiger partial charge is 0.0646 e. The zero-order chi connectivity index (χ0) is 13.9. The van der Waals surface area contributed by atoms with Crippen molar-refractivity contribution in [3.8, 4) is 0 Å². The van der Waals surface area contributed by atoms with Crippen LogP contribution in [0.2, 0.25) is 0 Å². The van der Waals surface area contributed by atoms with Crippen molar-refractivity contribution in [2.45, 2.75) is 38.0 Å². The number of aryl methyl sites for hydroxylation is 2. The summed E-state index contributed by atoms with van der Waals surface area (Å²) in [4.78, 5) is 2.88. The second-order valence-corrected chi connectivity index (χ2v) is 7.65. The van der Waals surface area contributed by atoms with E-state index in [4.69, 9.17) is 5.73 Å². The lowest BCUT2D eigenvalue weighted by Crippen LogP contribution is -2.10. The number of nitrogens with two attached hydrogens (primary N) is 1. The van der Waals surface area contributed by atoms with Gasteiger partial charge in [0.1, 0.15) is 0 Å². The molecule has 0 saturated carbocycles. The number of fused-ring (bicyclic) bond motifs is 1. The SMILES string of the molecule is CCCc1cccc(C(N)c2cc3c(s2)CCSC3)c1. The summed E-state index contributed by atoms with van der Waals surface area (Å²) in [6, 6.07) is 11.2. The Morgan fingerprint density at radius 1 is 1.30 bits per heavy atom. The molecule has 2 aromatic rings. The van der Waals surface area contributed by atoms with Gasteiger partial charge in [0.2, 0.25) is 0 Å². The molecule has 1 nitrogen and oxygen atoms in total. The molecular formula is C17H21NS2. The first kappa shape index (κ1) is 14.2. The molecule has 1 atom stereocenters. The molecule has 0 spiro atoms. The highest BCUT2D eigenvalue weighted by molar-refractivity contribution is 7.98. The van der Waals surface area contributed by atoms with E-state index in [1.807, 2.05) is 23.1 Å². The van der Waals surface area contributed by atoms with E-state index >= 15 is 0 Å². The van der Waals surface area contributed by atoms with Crippen molar-refractivity contribution in [3.05, 3.63) is 56.8 Å². The number of thiophene rings is 1. The minimum Gasteiger partial charge on any atom is -0.320 e. The zero-order valence-corrected chi connectivity index (χ0v) is 13.5. The molecule has 1 aromatic carbocycles. The fourth-order valence-electron chi connectivity index (χ4n) is 2.72. The fourth-order valence-corrected chi connectivity index (χ4v) is 5.12. The molecule has 0 saturated heterocycles. The summed E-state index contributed by atoms with van der Waals surface area (Å²) >= 11 is 3.95. The normalized spacial score (nSPS) is 15.9. The molecule has 1 aliphatic rings. The highest BCUT2D eigenvalue weighted by atomic mass is 32.2. The van der Waals surface area contributed by atoms with Gasteiger partial charge in [-0.3, -0.25) is 0 Å².